The zero-order chi connectivity index (χ0) is 15.5. The lowest BCUT2D eigenvalue weighted by Gasteiger charge is -2.46. The maximum atomic E-state index is 10.5. The van der Waals surface area contributed by atoms with E-state index in [1.165, 1.54) is 6.42 Å². The maximum absolute atomic E-state index is 10.5. The van der Waals surface area contributed by atoms with Gasteiger partial charge in [0.2, 0.25) is 0 Å². The highest BCUT2D eigenvalue weighted by molar-refractivity contribution is 4.92. The summed E-state index contributed by atoms with van der Waals surface area (Å²) in [6, 6.07) is 0.821. The van der Waals surface area contributed by atoms with E-state index >= 15 is 0 Å². The summed E-state index contributed by atoms with van der Waals surface area (Å²) in [5.41, 5.74) is 0.350. The van der Waals surface area contributed by atoms with Crippen LogP contribution < -0.4 is 0 Å². The third kappa shape index (κ3) is 4.71. The van der Waals surface area contributed by atoms with Gasteiger partial charge in [0.15, 0.2) is 0 Å². The van der Waals surface area contributed by atoms with Crippen LogP contribution in [0, 0.1) is 11.3 Å². The minimum absolute atomic E-state index is 0.154. The summed E-state index contributed by atoms with van der Waals surface area (Å²) in [6.45, 7) is 13.6. The van der Waals surface area contributed by atoms with E-state index in [-0.39, 0.29) is 6.10 Å². The fraction of sp³-hybridized carbons (Fsp3) is 1.00. The minimum Gasteiger partial charge on any atom is -0.391 e. The van der Waals surface area contributed by atoms with Gasteiger partial charge < -0.3 is 10.0 Å². The Labute approximate surface area is 126 Å². The van der Waals surface area contributed by atoms with Crippen LogP contribution in [0.25, 0.3) is 0 Å². The average molecular weight is 284 g/mol. The average Bonchev–Trinajstić information content (AvgIpc) is 2.29. The number of aliphatic hydroxyl groups excluding tert-OH is 1. The Hall–Kier alpha value is -0.120. The van der Waals surface area contributed by atoms with Crippen molar-refractivity contribution in [2.75, 3.05) is 27.2 Å². The van der Waals surface area contributed by atoms with Crippen molar-refractivity contribution in [2.24, 2.45) is 11.3 Å². The predicted molar refractivity (Wildman–Crippen MR) is 87.0 cm³/mol. The third-order valence-corrected chi connectivity index (χ3v) is 4.99. The summed E-state index contributed by atoms with van der Waals surface area (Å²) < 4.78 is 0. The van der Waals surface area contributed by atoms with Gasteiger partial charge in [-0.15, -0.1) is 0 Å². The van der Waals surface area contributed by atoms with E-state index in [4.69, 9.17) is 0 Å². The molecular formula is C17H36N2O. The van der Waals surface area contributed by atoms with Crippen LogP contribution in [0.5, 0.6) is 0 Å². The molecular weight excluding hydrogens is 248 g/mol. The molecule has 0 bridgehead atoms. The molecule has 1 rings (SSSR count). The lowest BCUT2D eigenvalue weighted by Crippen LogP contribution is -2.54. The zero-order valence-corrected chi connectivity index (χ0v) is 14.7. The molecule has 0 amide bonds. The van der Waals surface area contributed by atoms with Gasteiger partial charge in [-0.3, -0.25) is 4.90 Å². The van der Waals surface area contributed by atoms with Crippen molar-refractivity contribution >= 4 is 0 Å². The van der Waals surface area contributed by atoms with E-state index < -0.39 is 0 Å². The molecule has 1 saturated carbocycles. The van der Waals surface area contributed by atoms with Crippen LogP contribution in [0.2, 0.25) is 0 Å². The summed E-state index contributed by atoms with van der Waals surface area (Å²) >= 11 is 0. The topological polar surface area (TPSA) is 26.7 Å². The number of aliphatic hydroxyl groups is 1. The molecule has 1 N–H and O–H groups in total. The van der Waals surface area contributed by atoms with Gasteiger partial charge in [0.1, 0.15) is 0 Å². The Balaban J connectivity index is 2.78. The molecule has 1 fully saturated rings. The summed E-state index contributed by atoms with van der Waals surface area (Å²) in [5, 5.41) is 10.5. The van der Waals surface area contributed by atoms with Crippen LogP contribution >= 0.6 is 0 Å². The Morgan fingerprint density at radius 3 is 2.25 bits per heavy atom. The minimum atomic E-state index is -0.154. The predicted octanol–water partition coefficient (Wildman–Crippen LogP) is 2.83. The first-order chi connectivity index (χ1) is 9.16. The monoisotopic (exact) mass is 284 g/mol. The third-order valence-electron chi connectivity index (χ3n) is 4.99. The molecule has 0 radical (unpaired) electrons. The first kappa shape index (κ1) is 17.9. The van der Waals surface area contributed by atoms with E-state index in [0.29, 0.717) is 17.5 Å². The number of nitrogens with zero attached hydrogens (tertiary/aromatic N) is 2. The van der Waals surface area contributed by atoms with Gasteiger partial charge in [0.25, 0.3) is 0 Å². The molecule has 1 aliphatic rings. The SMILES string of the molecule is CCN(C(C)CN(C)C)C1CC(C(C)(C)C)CCC1O. The van der Waals surface area contributed by atoms with Gasteiger partial charge in [0, 0.05) is 18.6 Å². The van der Waals surface area contributed by atoms with E-state index in [0.717, 1.165) is 31.8 Å². The van der Waals surface area contributed by atoms with Crippen molar-refractivity contribution in [3.05, 3.63) is 0 Å². The molecule has 0 aromatic rings. The Morgan fingerprint density at radius 2 is 1.80 bits per heavy atom. The molecule has 3 heteroatoms. The number of hydrogen-bond acceptors (Lipinski definition) is 3. The fourth-order valence-electron chi connectivity index (χ4n) is 3.78. The van der Waals surface area contributed by atoms with Gasteiger partial charge in [-0.05, 0) is 58.2 Å². The Kier molecular flexibility index (Phi) is 6.49. The van der Waals surface area contributed by atoms with Crippen molar-refractivity contribution in [1.82, 2.24) is 9.80 Å². The lowest BCUT2D eigenvalue weighted by atomic mass is 9.69. The van der Waals surface area contributed by atoms with Crippen LogP contribution in [-0.4, -0.2) is 60.3 Å². The first-order valence-corrected chi connectivity index (χ1v) is 8.25. The molecule has 120 valence electrons. The van der Waals surface area contributed by atoms with Gasteiger partial charge >= 0.3 is 0 Å². The van der Waals surface area contributed by atoms with Crippen LogP contribution in [0.4, 0.5) is 0 Å². The van der Waals surface area contributed by atoms with E-state index in [2.05, 4.69) is 58.5 Å². The Morgan fingerprint density at radius 1 is 1.20 bits per heavy atom. The largest absolute Gasteiger partial charge is 0.391 e. The standard InChI is InChI=1S/C17H36N2O/c1-8-19(13(2)12-18(6)7)15-11-14(17(3,4)5)9-10-16(15)20/h13-16,20H,8-12H2,1-7H3. The molecule has 1 aliphatic carbocycles. The summed E-state index contributed by atoms with van der Waals surface area (Å²) in [6.07, 6.45) is 3.10. The molecule has 4 atom stereocenters. The number of rotatable bonds is 5. The van der Waals surface area contributed by atoms with E-state index in [1.807, 2.05) is 0 Å². The highest BCUT2D eigenvalue weighted by atomic mass is 16.3. The maximum Gasteiger partial charge on any atom is 0.0695 e. The van der Waals surface area contributed by atoms with Crippen molar-refractivity contribution in [3.63, 3.8) is 0 Å². The lowest BCUT2D eigenvalue weighted by molar-refractivity contribution is -0.0319. The molecule has 3 nitrogen and oxygen atoms in total. The van der Waals surface area contributed by atoms with Crippen molar-refractivity contribution in [2.45, 2.75) is 72.1 Å². The van der Waals surface area contributed by atoms with Gasteiger partial charge in [-0.2, -0.15) is 0 Å². The first-order valence-electron chi connectivity index (χ1n) is 8.25. The molecule has 0 spiro atoms. The van der Waals surface area contributed by atoms with E-state index in [9.17, 15) is 5.11 Å². The molecule has 0 heterocycles. The second-order valence-electron chi connectivity index (χ2n) is 7.95. The van der Waals surface area contributed by atoms with Crippen LogP contribution in [0.3, 0.4) is 0 Å². The van der Waals surface area contributed by atoms with Crippen molar-refractivity contribution < 1.29 is 5.11 Å². The zero-order valence-electron chi connectivity index (χ0n) is 14.7. The second kappa shape index (κ2) is 7.24. The Bertz CT molecular complexity index is 285. The molecule has 0 aliphatic heterocycles. The van der Waals surface area contributed by atoms with Gasteiger partial charge in [-0.1, -0.05) is 27.7 Å². The van der Waals surface area contributed by atoms with Gasteiger partial charge in [0.05, 0.1) is 6.10 Å². The normalized spacial score (nSPS) is 30.0. The molecule has 0 saturated heterocycles. The summed E-state index contributed by atoms with van der Waals surface area (Å²) in [5.74, 6) is 0.719. The van der Waals surface area contributed by atoms with Crippen molar-refractivity contribution in [3.8, 4) is 0 Å². The number of hydrogen-bond donors (Lipinski definition) is 1. The fourth-order valence-corrected chi connectivity index (χ4v) is 3.78. The molecule has 0 aromatic heterocycles. The van der Waals surface area contributed by atoms with E-state index in [1.54, 1.807) is 0 Å². The van der Waals surface area contributed by atoms with Crippen LogP contribution in [0.15, 0.2) is 0 Å². The molecule has 0 aromatic carbocycles. The second-order valence-corrected chi connectivity index (χ2v) is 7.95. The van der Waals surface area contributed by atoms with Crippen LogP contribution in [0.1, 0.15) is 53.9 Å². The molecule has 4 unspecified atom stereocenters. The highest BCUT2D eigenvalue weighted by Gasteiger charge is 2.38. The molecule has 20 heavy (non-hydrogen) atoms. The van der Waals surface area contributed by atoms with Gasteiger partial charge in [-0.25, -0.2) is 0 Å². The number of likely N-dealkylation sites (N-methyl/N-ethyl adjacent to an activating group) is 2. The van der Waals surface area contributed by atoms with Crippen LogP contribution in [-0.2, 0) is 0 Å². The quantitative estimate of drug-likeness (QED) is 0.841. The smallest absolute Gasteiger partial charge is 0.0695 e. The summed E-state index contributed by atoms with van der Waals surface area (Å²) in [4.78, 5) is 4.76. The van der Waals surface area contributed by atoms with Crippen molar-refractivity contribution in [1.29, 1.82) is 0 Å². The summed E-state index contributed by atoms with van der Waals surface area (Å²) in [7, 11) is 4.25. The highest BCUT2D eigenvalue weighted by Crippen LogP contribution is 2.39.